The number of carbonyl (C=O) groups is 1. The molecule has 0 bridgehead atoms. The van der Waals surface area contributed by atoms with E-state index in [0.29, 0.717) is 36.3 Å². The van der Waals surface area contributed by atoms with E-state index in [-0.39, 0.29) is 12.1 Å². The highest BCUT2D eigenvalue weighted by molar-refractivity contribution is 5.89. The van der Waals surface area contributed by atoms with Crippen LogP contribution in [0.2, 0.25) is 0 Å². The van der Waals surface area contributed by atoms with Gasteiger partial charge in [0.2, 0.25) is 5.88 Å². The number of carbonyl (C=O) groups excluding carboxylic acids is 1. The van der Waals surface area contributed by atoms with Gasteiger partial charge in [0.15, 0.2) is 11.5 Å². The van der Waals surface area contributed by atoms with E-state index < -0.39 is 0 Å². The molecule has 1 aromatic carbocycles. The molecular formula is C19H25N3O5. The topological polar surface area (TPSA) is 90.9 Å². The lowest BCUT2D eigenvalue weighted by atomic mass is 10.1. The van der Waals surface area contributed by atoms with Gasteiger partial charge in [0, 0.05) is 13.2 Å². The third-order valence-corrected chi connectivity index (χ3v) is 3.78. The molecule has 0 aliphatic heterocycles. The van der Waals surface area contributed by atoms with Crippen molar-refractivity contribution in [3.63, 3.8) is 0 Å². The highest BCUT2D eigenvalue weighted by Gasteiger charge is 2.13. The molecule has 8 heteroatoms. The first-order chi connectivity index (χ1) is 13.1. The number of ether oxygens (including phenoxy) is 4. The lowest BCUT2D eigenvalue weighted by Gasteiger charge is -2.17. The molecule has 146 valence electrons. The van der Waals surface area contributed by atoms with Crippen LogP contribution < -0.4 is 24.8 Å². The van der Waals surface area contributed by atoms with Crippen molar-refractivity contribution in [1.29, 1.82) is 0 Å². The van der Waals surface area contributed by atoms with Crippen molar-refractivity contribution in [1.82, 2.24) is 10.3 Å². The molecule has 0 spiro atoms. The van der Waals surface area contributed by atoms with Crippen LogP contribution in [-0.2, 0) is 4.74 Å². The third kappa shape index (κ3) is 6.03. The number of nitrogens with zero attached hydrogens (tertiary/aromatic N) is 1. The van der Waals surface area contributed by atoms with Crippen LogP contribution in [0.4, 0.5) is 10.5 Å². The van der Waals surface area contributed by atoms with Gasteiger partial charge in [-0.2, -0.15) is 0 Å². The van der Waals surface area contributed by atoms with Crippen LogP contribution >= 0.6 is 0 Å². The van der Waals surface area contributed by atoms with Crippen molar-refractivity contribution in [3.05, 3.63) is 42.1 Å². The number of pyridine rings is 1. The molecule has 2 aromatic rings. The molecule has 0 saturated heterocycles. The summed E-state index contributed by atoms with van der Waals surface area (Å²) in [6.45, 7) is 2.80. The molecule has 2 rings (SSSR count). The fraction of sp³-hybridized carbons (Fsp3) is 0.368. The second-order valence-corrected chi connectivity index (χ2v) is 5.66. The van der Waals surface area contributed by atoms with E-state index in [9.17, 15) is 4.79 Å². The van der Waals surface area contributed by atoms with Gasteiger partial charge in [-0.3, -0.25) is 0 Å². The molecule has 1 atom stereocenters. The van der Waals surface area contributed by atoms with Gasteiger partial charge in [0.25, 0.3) is 0 Å². The second kappa shape index (κ2) is 10.2. The average molecular weight is 375 g/mol. The molecule has 2 amide bonds. The second-order valence-electron chi connectivity index (χ2n) is 5.66. The Balaban J connectivity index is 1.97. The lowest BCUT2D eigenvalue weighted by Crippen LogP contribution is -2.31. The van der Waals surface area contributed by atoms with Crippen LogP contribution in [0, 0.1) is 0 Å². The Labute approximate surface area is 158 Å². The van der Waals surface area contributed by atoms with E-state index in [1.807, 2.05) is 25.1 Å². The molecule has 1 unspecified atom stereocenters. The summed E-state index contributed by atoms with van der Waals surface area (Å²) in [4.78, 5) is 16.2. The predicted octanol–water partition coefficient (Wildman–Crippen LogP) is 3.01. The smallest absolute Gasteiger partial charge is 0.319 e. The molecule has 0 aliphatic rings. The standard InChI is InChI=1S/C19H25N3O5/c1-13(21-19(23)22-15-6-8-18(26-4)20-12-15)14-5-7-16(17(11-14)25-3)27-10-9-24-2/h5-8,11-13H,9-10H2,1-4H3,(H2,21,22,23). The normalized spacial score (nSPS) is 11.4. The van der Waals surface area contributed by atoms with E-state index in [2.05, 4.69) is 15.6 Å². The van der Waals surface area contributed by atoms with Crippen molar-refractivity contribution in [2.24, 2.45) is 0 Å². The average Bonchev–Trinajstić information content (AvgIpc) is 2.68. The molecule has 0 fully saturated rings. The molecule has 1 aromatic heterocycles. The maximum Gasteiger partial charge on any atom is 0.319 e. The zero-order valence-electron chi connectivity index (χ0n) is 15.9. The zero-order chi connectivity index (χ0) is 19.6. The van der Waals surface area contributed by atoms with E-state index in [4.69, 9.17) is 18.9 Å². The number of rotatable bonds is 9. The summed E-state index contributed by atoms with van der Waals surface area (Å²) in [5, 5.41) is 5.60. The Kier molecular flexibility index (Phi) is 7.69. The summed E-state index contributed by atoms with van der Waals surface area (Å²) in [6.07, 6.45) is 1.53. The van der Waals surface area contributed by atoms with Gasteiger partial charge in [-0.05, 0) is 30.7 Å². The molecule has 1 heterocycles. The largest absolute Gasteiger partial charge is 0.493 e. The number of nitrogens with one attached hydrogen (secondary N) is 2. The van der Waals surface area contributed by atoms with E-state index >= 15 is 0 Å². The van der Waals surface area contributed by atoms with Gasteiger partial charge in [-0.15, -0.1) is 0 Å². The first-order valence-corrected chi connectivity index (χ1v) is 8.44. The van der Waals surface area contributed by atoms with Crippen molar-refractivity contribution in [2.45, 2.75) is 13.0 Å². The SMILES string of the molecule is COCCOc1ccc(C(C)NC(=O)Nc2ccc(OC)nc2)cc1OC. The molecular weight excluding hydrogens is 350 g/mol. The number of urea groups is 1. The van der Waals surface area contributed by atoms with Gasteiger partial charge >= 0.3 is 6.03 Å². The van der Waals surface area contributed by atoms with Gasteiger partial charge in [0.05, 0.1) is 38.8 Å². The molecule has 8 nitrogen and oxygen atoms in total. The number of benzene rings is 1. The number of aromatic nitrogens is 1. The summed E-state index contributed by atoms with van der Waals surface area (Å²) in [5.74, 6) is 1.70. The first-order valence-electron chi connectivity index (χ1n) is 8.44. The van der Waals surface area contributed by atoms with Crippen LogP contribution in [0.15, 0.2) is 36.5 Å². The molecule has 2 N–H and O–H groups in total. The zero-order valence-corrected chi connectivity index (χ0v) is 15.9. The predicted molar refractivity (Wildman–Crippen MR) is 102 cm³/mol. The third-order valence-electron chi connectivity index (χ3n) is 3.78. The minimum atomic E-state index is -0.339. The van der Waals surface area contributed by atoms with Gasteiger partial charge in [-0.25, -0.2) is 9.78 Å². The number of methoxy groups -OCH3 is 3. The fourth-order valence-corrected chi connectivity index (χ4v) is 2.33. The molecule has 0 saturated carbocycles. The van der Waals surface area contributed by atoms with Crippen LogP contribution in [-0.4, -0.2) is 45.6 Å². The summed E-state index contributed by atoms with van der Waals surface area (Å²) in [6, 6.07) is 8.34. The van der Waals surface area contributed by atoms with E-state index in [1.54, 1.807) is 26.4 Å². The summed E-state index contributed by atoms with van der Waals surface area (Å²) in [5.41, 5.74) is 1.45. The quantitative estimate of drug-likeness (QED) is 0.655. The summed E-state index contributed by atoms with van der Waals surface area (Å²) < 4.78 is 21.0. The van der Waals surface area contributed by atoms with E-state index in [0.717, 1.165) is 5.56 Å². The lowest BCUT2D eigenvalue weighted by molar-refractivity contribution is 0.144. The maximum absolute atomic E-state index is 12.2. The Hall–Kier alpha value is -3.00. The van der Waals surface area contributed by atoms with Crippen molar-refractivity contribution < 1.29 is 23.7 Å². The number of hydrogen-bond acceptors (Lipinski definition) is 6. The van der Waals surface area contributed by atoms with Crippen molar-refractivity contribution in [3.8, 4) is 17.4 Å². The van der Waals surface area contributed by atoms with Crippen LogP contribution in [0.5, 0.6) is 17.4 Å². The number of anilines is 1. The number of hydrogen-bond donors (Lipinski definition) is 2. The minimum absolute atomic E-state index is 0.238. The Morgan fingerprint density at radius 3 is 2.52 bits per heavy atom. The monoisotopic (exact) mass is 375 g/mol. The fourth-order valence-electron chi connectivity index (χ4n) is 2.33. The summed E-state index contributed by atoms with van der Waals surface area (Å²) >= 11 is 0. The molecule has 0 aliphatic carbocycles. The van der Waals surface area contributed by atoms with Crippen molar-refractivity contribution in [2.75, 3.05) is 39.9 Å². The molecule has 27 heavy (non-hydrogen) atoms. The van der Waals surface area contributed by atoms with Gasteiger partial charge < -0.3 is 29.6 Å². The Bertz CT molecular complexity index is 737. The van der Waals surface area contributed by atoms with Gasteiger partial charge in [0.1, 0.15) is 6.61 Å². The van der Waals surface area contributed by atoms with Gasteiger partial charge in [-0.1, -0.05) is 6.07 Å². The highest BCUT2D eigenvalue weighted by atomic mass is 16.5. The molecule has 0 radical (unpaired) electrons. The minimum Gasteiger partial charge on any atom is -0.493 e. The highest BCUT2D eigenvalue weighted by Crippen LogP contribution is 2.30. The number of amides is 2. The summed E-state index contributed by atoms with van der Waals surface area (Å²) in [7, 11) is 4.72. The van der Waals surface area contributed by atoms with Crippen molar-refractivity contribution >= 4 is 11.7 Å². The van der Waals surface area contributed by atoms with Crippen LogP contribution in [0.1, 0.15) is 18.5 Å². The Morgan fingerprint density at radius 1 is 1.07 bits per heavy atom. The van der Waals surface area contributed by atoms with E-state index in [1.165, 1.54) is 13.3 Å². The maximum atomic E-state index is 12.2. The Morgan fingerprint density at radius 2 is 1.89 bits per heavy atom. The first kappa shape index (κ1) is 20.3. The van der Waals surface area contributed by atoms with Crippen LogP contribution in [0.25, 0.3) is 0 Å². The van der Waals surface area contributed by atoms with Crippen LogP contribution in [0.3, 0.4) is 0 Å².